The van der Waals surface area contributed by atoms with Crippen LogP contribution in [-0.2, 0) is 24.4 Å². The molecule has 0 bridgehead atoms. The number of urea groups is 1. The van der Waals surface area contributed by atoms with E-state index in [2.05, 4.69) is 25.1 Å². The average Bonchev–Trinajstić information content (AvgIpc) is 3.88. The summed E-state index contributed by atoms with van der Waals surface area (Å²) in [6, 6.07) is 14.3. The molecule has 0 radical (unpaired) electrons. The molecular weight excluding hydrogens is 724 g/mol. The van der Waals surface area contributed by atoms with Crippen LogP contribution in [0.3, 0.4) is 0 Å². The van der Waals surface area contributed by atoms with Gasteiger partial charge in [-0.05, 0) is 37.3 Å². The van der Waals surface area contributed by atoms with Gasteiger partial charge in [0, 0.05) is 48.6 Å². The lowest BCUT2D eigenvalue weighted by Crippen LogP contribution is -2.46. The summed E-state index contributed by atoms with van der Waals surface area (Å²) in [6.45, 7) is 8.71. The molecule has 3 aromatic heterocycles. The van der Waals surface area contributed by atoms with Gasteiger partial charge in [-0.25, -0.2) is 14.6 Å². The molecular formula is C36H44N6O11S. The zero-order valence-corrected chi connectivity index (χ0v) is 30.8. The number of fused-ring (bicyclic) bond motifs is 3. The Morgan fingerprint density at radius 2 is 1.83 bits per heavy atom. The fraction of sp³-hybridized carbons (Fsp3) is 0.444. The number of ether oxygens (including phenoxy) is 4. The SMILES string of the molecule is CC(O)[C@H](O)C(O[C@H](CO)OCC(C)(C)c1cc(NC(=O)Nc2ccc(-c3cn4c(n3)sc3cc(OCCN5CCOCC5)ccc34)cc2)no1)C(=O)O. The number of nitrogens with one attached hydrogen (secondary N) is 2. The smallest absolute Gasteiger partial charge is 0.335 e. The normalized spacial score (nSPS) is 16.3. The largest absolute Gasteiger partial charge is 0.492 e. The molecule has 0 spiro atoms. The molecule has 1 saturated heterocycles. The van der Waals surface area contributed by atoms with E-state index in [0.717, 1.165) is 65.0 Å². The van der Waals surface area contributed by atoms with Crippen LogP contribution in [0.1, 0.15) is 26.5 Å². The Kier molecular flexibility index (Phi) is 12.4. The maximum atomic E-state index is 12.8. The highest BCUT2D eigenvalue weighted by Gasteiger charge is 2.35. The highest BCUT2D eigenvalue weighted by molar-refractivity contribution is 7.23. The minimum Gasteiger partial charge on any atom is -0.492 e. The molecule has 2 aromatic carbocycles. The summed E-state index contributed by atoms with van der Waals surface area (Å²) in [4.78, 5) is 32.3. The van der Waals surface area contributed by atoms with Crippen molar-refractivity contribution in [2.75, 3.05) is 63.3 Å². The summed E-state index contributed by atoms with van der Waals surface area (Å²) in [5, 5.41) is 47.8. The zero-order chi connectivity index (χ0) is 38.4. The van der Waals surface area contributed by atoms with Gasteiger partial charge in [-0.2, -0.15) is 0 Å². The highest BCUT2D eigenvalue weighted by Crippen LogP contribution is 2.32. The van der Waals surface area contributed by atoms with Crippen LogP contribution in [-0.4, -0.2) is 129 Å². The van der Waals surface area contributed by atoms with E-state index in [1.807, 2.05) is 36.5 Å². The number of thiazole rings is 1. The van der Waals surface area contributed by atoms with Crippen LogP contribution in [0.5, 0.6) is 5.75 Å². The van der Waals surface area contributed by atoms with E-state index in [1.165, 1.54) is 13.0 Å². The Labute approximate surface area is 314 Å². The van der Waals surface area contributed by atoms with E-state index >= 15 is 0 Å². The van der Waals surface area contributed by atoms with E-state index < -0.39 is 48.6 Å². The van der Waals surface area contributed by atoms with E-state index in [9.17, 15) is 30.0 Å². The molecule has 0 saturated carbocycles. The van der Waals surface area contributed by atoms with Crippen LogP contribution in [0.15, 0.2) is 59.3 Å². The van der Waals surface area contributed by atoms with Crippen LogP contribution in [0.4, 0.5) is 16.3 Å². The zero-order valence-electron chi connectivity index (χ0n) is 30.0. The second-order valence-electron chi connectivity index (χ2n) is 13.5. The molecule has 4 atom stereocenters. The Hall–Kier alpha value is -4.66. The lowest BCUT2D eigenvalue weighted by atomic mass is 9.91. The number of imidazole rings is 1. The number of carboxylic acids is 1. The number of hydrogen-bond acceptors (Lipinski definition) is 14. The van der Waals surface area contributed by atoms with Crippen molar-refractivity contribution in [3.8, 4) is 17.0 Å². The van der Waals surface area contributed by atoms with Crippen molar-refractivity contribution in [3.05, 3.63) is 60.5 Å². The maximum absolute atomic E-state index is 12.8. The minimum atomic E-state index is -1.84. The van der Waals surface area contributed by atoms with E-state index in [-0.39, 0.29) is 12.4 Å². The monoisotopic (exact) mass is 768 g/mol. The molecule has 5 aromatic rings. The Morgan fingerprint density at radius 1 is 1.07 bits per heavy atom. The quantitative estimate of drug-likeness (QED) is 0.0747. The van der Waals surface area contributed by atoms with Crippen molar-refractivity contribution in [1.29, 1.82) is 0 Å². The fourth-order valence-electron chi connectivity index (χ4n) is 5.69. The number of carbonyl (C=O) groups is 2. The molecule has 2 amide bonds. The predicted octanol–water partition coefficient (Wildman–Crippen LogP) is 3.38. The number of carbonyl (C=O) groups excluding carboxylic acids is 1. The van der Waals surface area contributed by atoms with Gasteiger partial charge in [-0.3, -0.25) is 14.6 Å². The molecule has 4 heterocycles. The first-order chi connectivity index (χ1) is 25.9. The summed E-state index contributed by atoms with van der Waals surface area (Å²) >= 11 is 1.59. The number of morpholine rings is 1. The first kappa shape index (κ1) is 39.0. The van der Waals surface area contributed by atoms with Gasteiger partial charge in [0.25, 0.3) is 0 Å². The van der Waals surface area contributed by atoms with Gasteiger partial charge in [-0.1, -0.05) is 42.5 Å². The number of nitrogens with zero attached hydrogens (tertiary/aromatic N) is 4. The standard InChI is InChI=1S/C36H44N6O11S/c1-21(44)31(45)32(33(46)47)52-30(19-43)51-20-36(2,3)28-17-29(40-53-28)39-34(48)37-23-6-4-22(5-7-23)25-18-42-26-9-8-24(16-27(26)54-35(42)38-25)50-15-12-41-10-13-49-14-11-41/h4-9,16-18,21,30-32,43-45H,10-15,19-20H2,1-3H3,(H,46,47)(H2,37,39,40,48)/t21?,30-,31+,32?/m1/s1. The molecule has 2 unspecified atom stereocenters. The number of aliphatic carboxylic acids is 1. The number of hydrogen-bond donors (Lipinski definition) is 6. The van der Waals surface area contributed by atoms with Crippen molar-refractivity contribution in [2.24, 2.45) is 0 Å². The van der Waals surface area contributed by atoms with Crippen LogP contribution < -0.4 is 15.4 Å². The van der Waals surface area contributed by atoms with Gasteiger partial charge in [0.05, 0.1) is 48.4 Å². The molecule has 6 N–H and O–H groups in total. The fourth-order valence-corrected chi connectivity index (χ4v) is 6.73. The molecule has 6 rings (SSSR count). The number of aromatic nitrogens is 3. The number of aliphatic hydroxyl groups is 3. The third-order valence-corrected chi connectivity index (χ3v) is 9.85. The number of benzene rings is 2. The number of carboxylic acid groups (broad SMARTS) is 1. The van der Waals surface area contributed by atoms with Crippen LogP contribution in [0.25, 0.3) is 26.4 Å². The van der Waals surface area contributed by atoms with Gasteiger partial charge in [0.1, 0.15) is 24.2 Å². The van der Waals surface area contributed by atoms with Crippen molar-refractivity contribution >= 4 is 50.0 Å². The lowest BCUT2D eigenvalue weighted by molar-refractivity contribution is -0.226. The molecule has 0 aliphatic carbocycles. The lowest BCUT2D eigenvalue weighted by Gasteiger charge is -2.28. The Bertz CT molecular complexity index is 2020. The van der Waals surface area contributed by atoms with E-state index in [0.29, 0.717) is 18.1 Å². The van der Waals surface area contributed by atoms with Gasteiger partial charge >= 0.3 is 12.0 Å². The molecule has 54 heavy (non-hydrogen) atoms. The maximum Gasteiger partial charge on any atom is 0.335 e. The van der Waals surface area contributed by atoms with Crippen LogP contribution in [0, 0.1) is 0 Å². The third-order valence-electron chi connectivity index (χ3n) is 8.83. The van der Waals surface area contributed by atoms with Crippen LogP contribution in [0.2, 0.25) is 0 Å². The Morgan fingerprint density at radius 3 is 2.54 bits per heavy atom. The summed E-state index contributed by atoms with van der Waals surface area (Å²) < 4.78 is 30.8. The summed E-state index contributed by atoms with van der Waals surface area (Å²) in [5.41, 5.74) is 2.38. The molecule has 290 valence electrons. The van der Waals surface area contributed by atoms with E-state index in [1.54, 1.807) is 37.3 Å². The summed E-state index contributed by atoms with van der Waals surface area (Å²) in [6.07, 6.45) is -4.42. The second kappa shape index (κ2) is 17.2. The molecule has 17 nitrogen and oxygen atoms in total. The molecule has 18 heteroatoms. The van der Waals surface area contributed by atoms with Crippen molar-refractivity contribution in [1.82, 2.24) is 19.4 Å². The first-order valence-electron chi connectivity index (χ1n) is 17.4. The number of rotatable bonds is 17. The minimum absolute atomic E-state index is 0.126. The van der Waals surface area contributed by atoms with Gasteiger partial charge in [-0.15, -0.1) is 0 Å². The van der Waals surface area contributed by atoms with Gasteiger partial charge < -0.3 is 49.2 Å². The third kappa shape index (κ3) is 9.52. The first-order valence-corrected chi connectivity index (χ1v) is 18.2. The van der Waals surface area contributed by atoms with Gasteiger partial charge in [0.2, 0.25) is 0 Å². The van der Waals surface area contributed by atoms with Crippen molar-refractivity contribution in [3.63, 3.8) is 0 Å². The number of anilines is 2. The van der Waals surface area contributed by atoms with Crippen molar-refractivity contribution in [2.45, 2.75) is 50.8 Å². The second-order valence-corrected chi connectivity index (χ2v) is 14.5. The summed E-state index contributed by atoms with van der Waals surface area (Å²) in [5.74, 6) is -0.257. The topological polar surface area (TPSA) is 223 Å². The highest BCUT2D eigenvalue weighted by atomic mass is 32.1. The van der Waals surface area contributed by atoms with Crippen molar-refractivity contribution < 1.29 is 53.5 Å². The van der Waals surface area contributed by atoms with Gasteiger partial charge in [0.15, 0.2) is 23.2 Å². The average molecular weight is 769 g/mol. The molecule has 1 aliphatic rings. The van der Waals surface area contributed by atoms with E-state index in [4.69, 9.17) is 28.5 Å². The number of amides is 2. The predicted molar refractivity (Wildman–Crippen MR) is 198 cm³/mol. The molecule has 1 aliphatic heterocycles. The number of aliphatic hydroxyl groups excluding tert-OH is 3. The summed E-state index contributed by atoms with van der Waals surface area (Å²) in [7, 11) is 0. The Balaban J connectivity index is 1.000. The van der Waals surface area contributed by atoms with Crippen LogP contribution >= 0.6 is 11.3 Å². The molecule has 1 fully saturated rings.